The highest BCUT2D eigenvalue weighted by Gasteiger charge is 2.16. The molecule has 1 saturated carbocycles. The quantitative estimate of drug-likeness (QED) is 0.209. The smallest absolute Gasteiger partial charge is 0.138 e. The van der Waals surface area contributed by atoms with Gasteiger partial charge in [0.15, 0.2) is 0 Å². The van der Waals surface area contributed by atoms with E-state index in [9.17, 15) is 4.39 Å². The van der Waals surface area contributed by atoms with Crippen LogP contribution in [0.25, 0.3) is 55.6 Å². The Bertz CT molecular complexity index is 1760. The molecular weight excluding hydrogens is 487 g/mol. The number of pyridine rings is 2. The van der Waals surface area contributed by atoms with Crippen molar-refractivity contribution in [3.8, 4) is 33.6 Å². The van der Waals surface area contributed by atoms with Gasteiger partial charge in [-0.1, -0.05) is 31.0 Å². The first kappa shape index (κ1) is 23.7. The van der Waals surface area contributed by atoms with Gasteiger partial charge in [-0.2, -0.15) is 5.10 Å². The van der Waals surface area contributed by atoms with Crippen LogP contribution in [0.1, 0.15) is 31.2 Å². The van der Waals surface area contributed by atoms with Crippen molar-refractivity contribution in [3.63, 3.8) is 0 Å². The van der Waals surface area contributed by atoms with Crippen molar-refractivity contribution in [2.24, 2.45) is 5.92 Å². The third-order valence-electron chi connectivity index (χ3n) is 7.87. The number of aromatic nitrogens is 5. The molecule has 7 rings (SSSR count). The Labute approximate surface area is 225 Å². The van der Waals surface area contributed by atoms with Crippen molar-refractivity contribution in [2.45, 2.75) is 32.2 Å². The zero-order valence-corrected chi connectivity index (χ0v) is 21.5. The van der Waals surface area contributed by atoms with E-state index in [0.29, 0.717) is 0 Å². The summed E-state index contributed by atoms with van der Waals surface area (Å²) in [6, 6.07) is 19.1. The van der Waals surface area contributed by atoms with Crippen LogP contribution in [0.15, 0.2) is 79.3 Å². The van der Waals surface area contributed by atoms with Gasteiger partial charge >= 0.3 is 0 Å². The van der Waals surface area contributed by atoms with E-state index in [1.807, 2.05) is 18.5 Å². The normalized spacial score (nSPS) is 14.1. The molecule has 0 unspecified atom stereocenters. The van der Waals surface area contributed by atoms with E-state index in [1.54, 1.807) is 18.3 Å². The van der Waals surface area contributed by atoms with Crippen LogP contribution >= 0.6 is 0 Å². The summed E-state index contributed by atoms with van der Waals surface area (Å²) in [4.78, 5) is 12.5. The predicted molar refractivity (Wildman–Crippen MR) is 153 cm³/mol. The fourth-order valence-corrected chi connectivity index (χ4v) is 5.81. The number of nitrogens with one attached hydrogen (secondary N) is 3. The molecule has 4 heterocycles. The van der Waals surface area contributed by atoms with Gasteiger partial charge < -0.3 is 10.3 Å². The summed E-state index contributed by atoms with van der Waals surface area (Å²) in [6.07, 6.45) is 11.1. The minimum absolute atomic E-state index is 0.251. The van der Waals surface area contributed by atoms with Crippen LogP contribution in [0.4, 0.5) is 4.39 Å². The number of aromatic amines is 2. The maximum Gasteiger partial charge on any atom is 0.138 e. The van der Waals surface area contributed by atoms with E-state index in [0.717, 1.165) is 74.6 Å². The summed E-state index contributed by atoms with van der Waals surface area (Å²) >= 11 is 0. The minimum Gasteiger partial charge on any atom is -0.338 e. The van der Waals surface area contributed by atoms with E-state index in [1.165, 1.54) is 43.4 Å². The lowest BCUT2D eigenvalue weighted by Gasteiger charge is -2.11. The molecule has 6 aromatic rings. The number of H-pyrrole nitrogens is 2. The van der Waals surface area contributed by atoms with Gasteiger partial charge in [0.25, 0.3) is 0 Å². The second kappa shape index (κ2) is 10.1. The zero-order valence-electron chi connectivity index (χ0n) is 21.5. The lowest BCUT2D eigenvalue weighted by molar-refractivity contribution is 0.489. The van der Waals surface area contributed by atoms with E-state index in [4.69, 9.17) is 0 Å². The van der Waals surface area contributed by atoms with Crippen LogP contribution in [0.5, 0.6) is 0 Å². The molecule has 0 saturated heterocycles. The molecule has 194 valence electrons. The molecule has 4 aromatic heterocycles. The monoisotopic (exact) mass is 516 g/mol. The van der Waals surface area contributed by atoms with Gasteiger partial charge in [-0.05, 0) is 90.0 Å². The highest BCUT2D eigenvalue weighted by atomic mass is 19.1. The lowest BCUT2D eigenvalue weighted by Crippen LogP contribution is -2.20. The van der Waals surface area contributed by atoms with Gasteiger partial charge in [-0.15, -0.1) is 0 Å². The third-order valence-corrected chi connectivity index (χ3v) is 7.87. The van der Waals surface area contributed by atoms with Gasteiger partial charge in [-0.25, -0.2) is 9.37 Å². The van der Waals surface area contributed by atoms with Crippen LogP contribution in [0.2, 0.25) is 0 Å². The maximum absolute atomic E-state index is 13.5. The molecule has 0 spiro atoms. The Balaban J connectivity index is 1.20. The summed E-state index contributed by atoms with van der Waals surface area (Å²) in [5.74, 6) is 0.563. The first-order valence-electron chi connectivity index (χ1n) is 13.6. The number of hydrogen-bond acceptors (Lipinski definition) is 4. The number of nitrogens with zero attached hydrogens (tertiary/aromatic N) is 3. The van der Waals surface area contributed by atoms with Gasteiger partial charge in [-0.3, -0.25) is 10.1 Å². The standard InChI is InChI=1S/C32H29FN6/c33-25-8-5-22(6-9-25)26-11-12-36-32-27(26)15-30(37-32)31-28-14-23(7-10-29(28)38-39-31)24-13-21(18-35-19-24)17-34-16-20-3-1-2-4-20/h5-15,18-20,34H,1-4,16-17H2,(H,36,37)(H,38,39). The van der Waals surface area contributed by atoms with Gasteiger partial charge in [0.1, 0.15) is 17.2 Å². The third kappa shape index (κ3) is 4.70. The minimum atomic E-state index is -0.251. The van der Waals surface area contributed by atoms with Gasteiger partial charge in [0.05, 0.1) is 11.2 Å². The largest absolute Gasteiger partial charge is 0.338 e. The molecule has 7 heteroatoms. The van der Waals surface area contributed by atoms with Crippen molar-refractivity contribution >= 4 is 21.9 Å². The molecule has 1 aliphatic rings. The molecular formula is C32H29FN6. The van der Waals surface area contributed by atoms with Gasteiger partial charge in [0, 0.05) is 41.5 Å². The maximum atomic E-state index is 13.5. The first-order valence-corrected chi connectivity index (χ1v) is 13.6. The molecule has 1 fully saturated rings. The van der Waals surface area contributed by atoms with Crippen molar-refractivity contribution in [1.29, 1.82) is 0 Å². The van der Waals surface area contributed by atoms with Crippen molar-refractivity contribution in [1.82, 2.24) is 30.5 Å². The molecule has 6 nitrogen and oxygen atoms in total. The van der Waals surface area contributed by atoms with Crippen LogP contribution in [0, 0.1) is 11.7 Å². The highest BCUT2D eigenvalue weighted by Crippen LogP contribution is 2.34. The molecule has 0 radical (unpaired) electrons. The topological polar surface area (TPSA) is 82.3 Å². The molecule has 0 bridgehead atoms. The zero-order chi connectivity index (χ0) is 26.2. The predicted octanol–water partition coefficient (Wildman–Crippen LogP) is 7.25. The van der Waals surface area contributed by atoms with E-state index >= 15 is 0 Å². The van der Waals surface area contributed by atoms with Crippen LogP contribution in [-0.4, -0.2) is 31.7 Å². The van der Waals surface area contributed by atoms with Gasteiger partial charge in [0.2, 0.25) is 0 Å². The highest BCUT2D eigenvalue weighted by molar-refractivity contribution is 6.00. The Morgan fingerprint density at radius 1 is 0.872 bits per heavy atom. The summed E-state index contributed by atoms with van der Waals surface area (Å²) in [6.45, 7) is 1.91. The summed E-state index contributed by atoms with van der Waals surface area (Å²) in [5.41, 5.74) is 8.73. The van der Waals surface area contributed by atoms with Crippen molar-refractivity contribution in [3.05, 3.63) is 90.6 Å². The average Bonchev–Trinajstić information content (AvgIpc) is 3.73. The van der Waals surface area contributed by atoms with Crippen molar-refractivity contribution in [2.75, 3.05) is 6.54 Å². The second-order valence-corrected chi connectivity index (χ2v) is 10.5. The Hall–Kier alpha value is -4.36. The summed E-state index contributed by atoms with van der Waals surface area (Å²) in [5, 5.41) is 13.4. The molecule has 0 atom stereocenters. The molecule has 39 heavy (non-hydrogen) atoms. The fourth-order valence-electron chi connectivity index (χ4n) is 5.81. The lowest BCUT2D eigenvalue weighted by atomic mass is 10.0. The second-order valence-electron chi connectivity index (χ2n) is 10.5. The van der Waals surface area contributed by atoms with Crippen LogP contribution in [-0.2, 0) is 6.54 Å². The Kier molecular flexibility index (Phi) is 6.13. The fraction of sp³-hybridized carbons (Fsp3) is 0.219. The van der Waals surface area contributed by atoms with Crippen molar-refractivity contribution < 1.29 is 4.39 Å². The number of fused-ring (bicyclic) bond motifs is 2. The summed E-state index contributed by atoms with van der Waals surface area (Å²) in [7, 11) is 0. The number of halogens is 1. The van der Waals surface area contributed by atoms with E-state index in [-0.39, 0.29) is 5.82 Å². The van der Waals surface area contributed by atoms with E-state index in [2.05, 4.69) is 60.8 Å². The molecule has 0 aliphatic heterocycles. The molecule has 0 amide bonds. The van der Waals surface area contributed by atoms with E-state index < -0.39 is 0 Å². The molecule has 3 N–H and O–H groups in total. The molecule has 2 aromatic carbocycles. The molecule has 1 aliphatic carbocycles. The number of rotatable bonds is 7. The van der Waals surface area contributed by atoms with Crippen LogP contribution < -0.4 is 5.32 Å². The Morgan fingerprint density at radius 2 is 1.72 bits per heavy atom. The summed E-state index contributed by atoms with van der Waals surface area (Å²) < 4.78 is 13.5. The first-order chi connectivity index (χ1) is 19.2. The average molecular weight is 517 g/mol. The van der Waals surface area contributed by atoms with Crippen LogP contribution in [0.3, 0.4) is 0 Å². The number of hydrogen-bond donors (Lipinski definition) is 3. The Morgan fingerprint density at radius 3 is 2.59 bits per heavy atom. The number of benzene rings is 2. The SMILES string of the molecule is Fc1ccc(-c2ccnc3[nH]c(-c4n[nH]c5ccc(-c6cncc(CNCC7CCCC7)c6)cc45)cc23)cc1.